The molecule has 0 radical (unpaired) electrons. The lowest BCUT2D eigenvalue weighted by Crippen LogP contribution is -2.37. The molecule has 0 bridgehead atoms. The molecule has 7 heteroatoms. The Balaban J connectivity index is 1.75. The van der Waals surface area contributed by atoms with Crippen LogP contribution >= 0.6 is 0 Å². The molecule has 1 heterocycles. The molecule has 2 N–H and O–H groups in total. The van der Waals surface area contributed by atoms with Crippen molar-refractivity contribution in [1.82, 2.24) is 20.4 Å². The van der Waals surface area contributed by atoms with Gasteiger partial charge in [-0.1, -0.05) is 18.2 Å². The zero-order chi connectivity index (χ0) is 20.1. The number of hydrogen-bond donors (Lipinski definition) is 2. The first-order valence-corrected chi connectivity index (χ1v) is 8.86. The zero-order valence-corrected chi connectivity index (χ0v) is 16.1. The summed E-state index contributed by atoms with van der Waals surface area (Å²) in [7, 11) is 5.11. The molecule has 6 nitrogen and oxygen atoms in total. The minimum Gasteiger partial charge on any atom is -0.497 e. The van der Waals surface area contributed by atoms with E-state index in [1.54, 1.807) is 50.5 Å². The first-order chi connectivity index (χ1) is 13.5. The lowest BCUT2D eigenvalue weighted by Gasteiger charge is -2.24. The van der Waals surface area contributed by atoms with Gasteiger partial charge in [0.15, 0.2) is 0 Å². The van der Waals surface area contributed by atoms with Crippen LogP contribution in [-0.4, -0.2) is 42.2 Å². The molecule has 3 aromatic rings. The van der Waals surface area contributed by atoms with Gasteiger partial charge in [-0.15, -0.1) is 0 Å². The molecule has 0 aliphatic carbocycles. The van der Waals surface area contributed by atoms with Crippen molar-refractivity contribution >= 4 is 5.91 Å². The summed E-state index contributed by atoms with van der Waals surface area (Å²) < 4.78 is 19.4. The standard InChI is InChI=1S/C21H23FN4O2/c1-26(2)20(17-6-4-5-7-18(17)22)21(27)23-12-15-13-24-25-19(15)14-8-10-16(28-3)11-9-14/h4-11,13,20H,12H2,1-3H3,(H,23,27)(H,24,25)/t20-/m0/s1. The lowest BCUT2D eigenvalue weighted by molar-refractivity contribution is -0.126. The maximum atomic E-state index is 14.2. The fraction of sp³-hybridized carbons (Fsp3) is 0.238. The van der Waals surface area contributed by atoms with Crippen molar-refractivity contribution in [3.63, 3.8) is 0 Å². The topological polar surface area (TPSA) is 70.2 Å². The summed E-state index contributed by atoms with van der Waals surface area (Å²) in [5.41, 5.74) is 2.92. The number of nitrogens with one attached hydrogen (secondary N) is 2. The van der Waals surface area contributed by atoms with Crippen LogP contribution in [0.2, 0.25) is 0 Å². The number of H-pyrrole nitrogens is 1. The van der Waals surface area contributed by atoms with Gasteiger partial charge in [-0.3, -0.25) is 14.8 Å². The fourth-order valence-electron chi connectivity index (χ4n) is 3.08. The van der Waals surface area contributed by atoms with Gasteiger partial charge in [-0.2, -0.15) is 5.10 Å². The molecule has 1 amide bonds. The van der Waals surface area contributed by atoms with Crippen molar-refractivity contribution in [3.8, 4) is 17.0 Å². The first kappa shape index (κ1) is 19.6. The summed E-state index contributed by atoms with van der Waals surface area (Å²) in [5.74, 6) is 0.0763. The molecule has 0 aliphatic rings. The fourth-order valence-corrected chi connectivity index (χ4v) is 3.08. The first-order valence-electron chi connectivity index (χ1n) is 8.86. The molecule has 1 atom stereocenters. The summed E-state index contributed by atoms with van der Waals surface area (Å²) in [5, 5.41) is 9.95. The number of likely N-dealkylation sites (N-methyl/N-ethyl adjacent to an activating group) is 1. The Kier molecular flexibility index (Phi) is 6.06. The van der Waals surface area contributed by atoms with E-state index < -0.39 is 11.9 Å². The predicted molar refractivity (Wildman–Crippen MR) is 105 cm³/mol. The van der Waals surface area contributed by atoms with Crippen LogP contribution in [0, 0.1) is 5.82 Å². The van der Waals surface area contributed by atoms with Gasteiger partial charge in [0.1, 0.15) is 17.6 Å². The quantitative estimate of drug-likeness (QED) is 0.659. The van der Waals surface area contributed by atoms with Gasteiger partial charge in [0, 0.05) is 23.2 Å². The highest BCUT2D eigenvalue weighted by molar-refractivity contribution is 5.83. The summed E-state index contributed by atoms with van der Waals surface area (Å²) in [6, 6.07) is 13.1. The molecule has 0 fully saturated rings. The van der Waals surface area contributed by atoms with Crippen LogP contribution in [0.25, 0.3) is 11.3 Å². The van der Waals surface area contributed by atoms with Crippen LogP contribution in [-0.2, 0) is 11.3 Å². The largest absolute Gasteiger partial charge is 0.497 e. The third kappa shape index (κ3) is 4.20. The third-order valence-corrected chi connectivity index (χ3v) is 4.51. The summed E-state index contributed by atoms with van der Waals surface area (Å²) in [4.78, 5) is 14.5. The van der Waals surface area contributed by atoms with Gasteiger partial charge in [0.05, 0.1) is 19.0 Å². The number of nitrogens with zero attached hydrogens (tertiary/aromatic N) is 2. The number of amides is 1. The van der Waals surface area contributed by atoms with Gasteiger partial charge in [-0.25, -0.2) is 4.39 Å². The van der Waals surface area contributed by atoms with E-state index in [9.17, 15) is 9.18 Å². The van der Waals surface area contributed by atoms with Crippen molar-refractivity contribution in [1.29, 1.82) is 0 Å². The number of aromatic amines is 1. The second kappa shape index (κ2) is 8.67. The van der Waals surface area contributed by atoms with E-state index in [0.29, 0.717) is 5.56 Å². The van der Waals surface area contributed by atoms with E-state index in [-0.39, 0.29) is 12.5 Å². The number of rotatable bonds is 7. The van der Waals surface area contributed by atoms with Crippen LogP contribution in [0.4, 0.5) is 4.39 Å². The molecule has 3 rings (SSSR count). The van der Waals surface area contributed by atoms with Crippen molar-refractivity contribution in [2.24, 2.45) is 0 Å². The number of methoxy groups -OCH3 is 1. The van der Waals surface area contributed by atoms with E-state index in [1.807, 2.05) is 24.3 Å². The highest BCUT2D eigenvalue weighted by Gasteiger charge is 2.25. The average molecular weight is 382 g/mol. The maximum Gasteiger partial charge on any atom is 0.242 e. The number of benzene rings is 2. The Morgan fingerprint density at radius 3 is 2.57 bits per heavy atom. The minimum absolute atomic E-state index is 0.273. The van der Waals surface area contributed by atoms with Crippen LogP contribution in [0.3, 0.4) is 0 Å². The molecule has 0 saturated heterocycles. The Labute approximate surface area is 163 Å². The Morgan fingerprint density at radius 2 is 1.93 bits per heavy atom. The smallest absolute Gasteiger partial charge is 0.242 e. The van der Waals surface area contributed by atoms with Crippen molar-refractivity contribution in [2.75, 3.05) is 21.2 Å². The number of carbonyl (C=O) groups is 1. The molecule has 2 aromatic carbocycles. The molecular formula is C21H23FN4O2. The molecule has 146 valence electrons. The van der Waals surface area contributed by atoms with E-state index >= 15 is 0 Å². The van der Waals surface area contributed by atoms with Crippen molar-refractivity contribution in [2.45, 2.75) is 12.6 Å². The minimum atomic E-state index is -0.725. The molecular weight excluding hydrogens is 359 g/mol. The normalized spacial score (nSPS) is 12.0. The van der Waals surface area contributed by atoms with E-state index in [4.69, 9.17) is 4.74 Å². The maximum absolute atomic E-state index is 14.2. The van der Waals surface area contributed by atoms with Crippen molar-refractivity contribution < 1.29 is 13.9 Å². The summed E-state index contributed by atoms with van der Waals surface area (Å²) >= 11 is 0. The SMILES string of the molecule is COc1ccc(-c2[nH]ncc2CNC(=O)[C@H](c2ccccc2F)N(C)C)cc1. The van der Waals surface area contributed by atoms with Crippen LogP contribution < -0.4 is 10.1 Å². The summed E-state index contributed by atoms with van der Waals surface area (Å²) in [6.07, 6.45) is 1.67. The molecule has 0 saturated carbocycles. The molecule has 0 spiro atoms. The Morgan fingerprint density at radius 1 is 1.21 bits per heavy atom. The second-order valence-corrected chi connectivity index (χ2v) is 6.60. The average Bonchev–Trinajstić information content (AvgIpc) is 3.16. The molecule has 1 aromatic heterocycles. The monoisotopic (exact) mass is 382 g/mol. The predicted octanol–water partition coefficient (Wildman–Crippen LogP) is 3.14. The third-order valence-electron chi connectivity index (χ3n) is 4.51. The summed E-state index contributed by atoms with van der Waals surface area (Å²) in [6.45, 7) is 0.273. The van der Waals surface area contributed by atoms with E-state index in [1.165, 1.54) is 6.07 Å². The van der Waals surface area contributed by atoms with Crippen LogP contribution in [0.5, 0.6) is 5.75 Å². The number of ether oxygens (including phenoxy) is 1. The van der Waals surface area contributed by atoms with Gasteiger partial charge >= 0.3 is 0 Å². The highest BCUT2D eigenvalue weighted by atomic mass is 19.1. The van der Waals surface area contributed by atoms with E-state index in [2.05, 4.69) is 15.5 Å². The van der Waals surface area contributed by atoms with Crippen LogP contribution in [0.15, 0.2) is 54.7 Å². The molecule has 0 aliphatic heterocycles. The number of aromatic nitrogens is 2. The van der Waals surface area contributed by atoms with E-state index in [0.717, 1.165) is 22.6 Å². The number of halogens is 1. The zero-order valence-electron chi connectivity index (χ0n) is 16.1. The van der Waals surface area contributed by atoms with Gasteiger partial charge < -0.3 is 10.1 Å². The van der Waals surface area contributed by atoms with Gasteiger partial charge in [-0.05, 0) is 44.4 Å². The Bertz CT molecular complexity index is 938. The van der Waals surface area contributed by atoms with Gasteiger partial charge in [0.25, 0.3) is 0 Å². The number of carbonyl (C=O) groups excluding carboxylic acids is 1. The second-order valence-electron chi connectivity index (χ2n) is 6.60. The highest BCUT2D eigenvalue weighted by Crippen LogP contribution is 2.25. The van der Waals surface area contributed by atoms with Crippen molar-refractivity contribution in [3.05, 3.63) is 71.7 Å². The number of hydrogen-bond acceptors (Lipinski definition) is 4. The van der Waals surface area contributed by atoms with Gasteiger partial charge in [0.2, 0.25) is 5.91 Å². The van der Waals surface area contributed by atoms with Crippen LogP contribution in [0.1, 0.15) is 17.2 Å². The lowest BCUT2D eigenvalue weighted by atomic mass is 10.0. The Hall–Kier alpha value is -3.19. The molecule has 0 unspecified atom stereocenters. The molecule has 28 heavy (non-hydrogen) atoms.